The first kappa shape index (κ1) is 21.0. The Labute approximate surface area is 169 Å². The molecular weight excluding hydrogens is 401 g/mol. The van der Waals surface area contributed by atoms with Crippen molar-refractivity contribution in [2.24, 2.45) is 0 Å². The second kappa shape index (κ2) is 8.36. The lowest BCUT2D eigenvalue weighted by Crippen LogP contribution is -2.15. The van der Waals surface area contributed by atoms with Crippen molar-refractivity contribution in [3.8, 4) is 0 Å². The molecule has 1 unspecified atom stereocenters. The van der Waals surface area contributed by atoms with Gasteiger partial charge in [0.25, 0.3) is 0 Å². The molecule has 0 aliphatic carbocycles. The Hall–Kier alpha value is -3.69. The zero-order valence-electron chi connectivity index (χ0n) is 15.5. The molecule has 2 heterocycles. The fraction of sp³-hybridized carbons (Fsp3) is 0.200. The highest BCUT2D eigenvalue weighted by Crippen LogP contribution is 2.29. The number of ketones is 1. The molecule has 0 fully saturated rings. The standard InChI is InChI=1S/C20H17F3N4O3/c21-20(22,23)14-4-2-13(3-5-14)17(28)10-27-9-16(26-11-27)15(19(29)30)7-12-1-6-18(24)25-8-12/h1-6,8-9,11,15H,7,10H2,(H2,24,25)(H,29,30). The average molecular weight is 418 g/mol. The van der Waals surface area contributed by atoms with Gasteiger partial charge in [-0.05, 0) is 30.2 Å². The molecule has 10 heteroatoms. The first-order valence-electron chi connectivity index (χ1n) is 8.79. The summed E-state index contributed by atoms with van der Waals surface area (Å²) in [7, 11) is 0. The van der Waals surface area contributed by atoms with Crippen molar-refractivity contribution in [1.82, 2.24) is 14.5 Å². The maximum absolute atomic E-state index is 12.6. The number of alkyl halides is 3. The SMILES string of the molecule is Nc1ccc(CC(C(=O)O)c2cn(CC(=O)c3ccc(C(F)(F)F)cc3)cn2)cn1. The lowest BCUT2D eigenvalue weighted by atomic mass is 9.98. The maximum atomic E-state index is 12.6. The molecule has 0 saturated heterocycles. The molecule has 2 aromatic heterocycles. The first-order valence-corrected chi connectivity index (χ1v) is 8.79. The molecule has 0 aliphatic rings. The number of aliphatic carboxylic acids is 1. The zero-order chi connectivity index (χ0) is 21.9. The normalized spacial score (nSPS) is 12.5. The minimum absolute atomic E-state index is 0.112. The van der Waals surface area contributed by atoms with Crippen molar-refractivity contribution < 1.29 is 27.9 Å². The summed E-state index contributed by atoms with van der Waals surface area (Å²) in [6.07, 6.45) is -0.116. The fourth-order valence-electron chi connectivity index (χ4n) is 2.86. The maximum Gasteiger partial charge on any atom is 0.416 e. The number of hydrogen-bond donors (Lipinski definition) is 2. The number of nitrogen functional groups attached to an aromatic ring is 1. The predicted molar refractivity (Wildman–Crippen MR) is 101 cm³/mol. The quantitative estimate of drug-likeness (QED) is 0.570. The van der Waals surface area contributed by atoms with E-state index in [2.05, 4.69) is 9.97 Å². The topological polar surface area (TPSA) is 111 Å². The Balaban J connectivity index is 1.71. The summed E-state index contributed by atoms with van der Waals surface area (Å²) >= 11 is 0. The summed E-state index contributed by atoms with van der Waals surface area (Å²) in [4.78, 5) is 32.0. The molecular formula is C20H17F3N4O3. The van der Waals surface area contributed by atoms with Crippen LogP contribution < -0.4 is 5.73 Å². The van der Waals surface area contributed by atoms with E-state index in [-0.39, 0.29) is 24.2 Å². The van der Waals surface area contributed by atoms with Gasteiger partial charge < -0.3 is 15.4 Å². The zero-order valence-corrected chi connectivity index (χ0v) is 15.5. The van der Waals surface area contributed by atoms with Crippen LogP contribution in [0, 0.1) is 0 Å². The Bertz CT molecular complexity index is 1040. The van der Waals surface area contributed by atoms with E-state index in [4.69, 9.17) is 5.73 Å². The van der Waals surface area contributed by atoms with Crippen LogP contribution in [0.5, 0.6) is 0 Å². The van der Waals surface area contributed by atoms with Gasteiger partial charge in [0.15, 0.2) is 5.78 Å². The Morgan fingerprint density at radius 1 is 1.10 bits per heavy atom. The molecule has 3 N–H and O–H groups in total. The van der Waals surface area contributed by atoms with Gasteiger partial charge in [0, 0.05) is 18.0 Å². The number of rotatable bonds is 7. The van der Waals surface area contributed by atoms with E-state index in [0.717, 1.165) is 24.3 Å². The predicted octanol–water partition coefficient (Wildman–Crippen LogP) is 3.17. The van der Waals surface area contributed by atoms with Crippen molar-refractivity contribution in [3.05, 3.63) is 77.5 Å². The van der Waals surface area contributed by atoms with E-state index in [0.29, 0.717) is 11.4 Å². The monoisotopic (exact) mass is 418 g/mol. The van der Waals surface area contributed by atoms with Crippen molar-refractivity contribution in [2.45, 2.75) is 25.1 Å². The Kier molecular flexibility index (Phi) is 5.86. The summed E-state index contributed by atoms with van der Waals surface area (Å²) in [6, 6.07) is 7.13. The van der Waals surface area contributed by atoms with Gasteiger partial charge in [-0.15, -0.1) is 0 Å². The van der Waals surface area contributed by atoms with E-state index in [9.17, 15) is 27.9 Å². The molecule has 3 rings (SSSR count). The number of benzene rings is 1. The van der Waals surface area contributed by atoms with Crippen LogP contribution in [0.4, 0.5) is 19.0 Å². The number of carbonyl (C=O) groups is 2. The third-order valence-electron chi connectivity index (χ3n) is 4.46. The van der Waals surface area contributed by atoms with Gasteiger partial charge in [-0.2, -0.15) is 13.2 Å². The highest BCUT2D eigenvalue weighted by molar-refractivity contribution is 5.95. The van der Waals surface area contributed by atoms with Crippen LogP contribution in [0.2, 0.25) is 0 Å². The summed E-state index contributed by atoms with van der Waals surface area (Å²) in [5.41, 5.74) is 5.70. The van der Waals surface area contributed by atoms with Crippen molar-refractivity contribution >= 4 is 17.6 Å². The molecule has 1 atom stereocenters. The van der Waals surface area contributed by atoms with E-state index in [1.54, 1.807) is 12.1 Å². The Morgan fingerprint density at radius 3 is 2.37 bits per heavy atom. The summed E-state index contributed by atoms with van der Waals surface area (Å²) in [6.45, 7) is -0.186. The number of carboxylic acid groups (broad SMARTS) is 1. The van der Waals surface area contributed by atoms with Crippen LogP contribution in [0.25, 0.3) is 0 Å². The van der Waals surface area contributed by atoms with Crippen molar-refractivity contribution in [2.75, 3.05) is 5.73 Å². The molecule has 0 bridgehead atoms. The number of carboxylic acids is 1. The van der Waals surface area contributed by atoms with Crippen LogP contribution in [-0.4, -0.2) is 31.4 Å². The lowest BCUT2D eigenvalue weighted by molar-refractivity contribution is -0.139. The molecule has 7 nitrogen and oxygen atoms in total. The summed E-state index contributed by atoms with van der Waals surface area (Å²) in [5, 5.41) is 9.55. The van der Waals surface area contributed by atoms with Gasteiger partial charge in [0.1, 0.15) is 11.7 Å². The van der Waals surface area contributed by atoms with E-state index < -0.39 is 29.4 Å². The molecule has 156 valence electrons. The molecule has 30 heavy (non-hydrogen) atoms. The van der Waals surface area contributed by atoms with Crippen LogP contribution in [0.15, 0.2) is 55.1 Å². The van der Waals surface area contributed by atoms with Gasteiger partial charge in [0.05, 0.1) is 24.1 Å². The third-order valence-corrected chi connectivity index (χ3v) is 4.46. The number of carbonyl (C=O) groups excluding carboxylic acids is 1. The fourth-order valence-corrected chi connectivity index (χ4v) is 2.86. The van der Waals surface area contributed by atoms with Crippen molar-refractivity contribution in [1.29, 1.82) is 0 Å². The second-order valence-corrected chi connectivity index (χ2v) is 6.66. The minimum atomic E-state index is -4.48. The number of imidazole rings is 1. The first-order chi connectivity index (χ1) is 14.1. The van der Waals surface area contributed by atoms with Crippen LogP contribution >= 0.6 is 0 Å². The smallest absolute Gasteiger partial charge is 0.416 e. The molecule has 0 saturated carbocycles. The molecule has 3 aromatic rings. The van der Waals surface area contributed by atoms with E-state index in [1.165, 1.54) is 23.3 Å². The minimum Gasteiger partial charge on any atom is -0.481 e. The lowest BCUT2D eigenvalue weighted by Gasteiger charge is -2.10. The number of nitrogens with two attached hydrogens (primary N) is 1. The number of hydrogen-bond acceptors (Lipinski definition) is 5. The summed E-state index contributed by atoms with van der Waals surface area (Å²) < 4.78 is 39.3. The number of pyridine rings is 1. The molecule has 0 spiro atoms. The molecule has 1 aromatic carbocycles. The third kappa shape index (κ3) is 5.02. The van der Waals surface area contributed by atoms with Crippen LogP contribution in [-0.2, 0) is 23.9 Å². The van der Waals surface area contributed by atoms with Crippen LogP contribution in [0.1, 0.15) is 33.1 Å². The van der Waals surface area contributed by atoms with E-state index >= 15 is 0 Å². The Morgan fingerprint density at radius 2 is 1.80 bits per heavy atom. The van der Waals surface area contributed by atoms with E-state index in [1.807, 2.05) is 0 Å². The second-order valence-electron chi connectivity index (χ2n) is 6.66. The number of nitrogens with zero attached hydrogens (tertiary/aromatic N) is 3. The highest BCUT2D eigenvalue weighted by atomic mass is 19.4. The van der Waals surface area contributed by atoms with Gasteiger partial charge in [-0.3, -0.25) is 9.59 Å². The molecule has 0 amide bonds. The highest BCUT2D eigenvalue weighted by Gasteiger charge is 2.30. The van der Waals surface area contributed by atoms with Crippen LogP contribution in [0.3, 0.4) is 0 Å². The number of halogens is 3. The van der Waals surface area contributed by atoms with Gasteiger partial charge in [-0.25, -0.2) is 9.97 Å². The summed E-state index contributed by atoms with van der Waals surface area (Å²) in [5.74, 6) is -2.16. The molecule has 0 aliphatic heterocycles. The van der Waals surface area contributed by atoms with Crippen molar-refractivity contribution in [3.63, 3.8) is 0 Å². The number of anilines is 1. The van der Waals surface area contributed by atoms with Gasteiger partial charge in [0.2, 0.25) is 0 Å². The average Bonchev–Trinajstić information content (AvgIpc) is 3.14. The number of Topliss-reactive ketones (excluding diaryl/α,β-unsaturated/α-hetero) is 1. The van der Waals surface area contributed by atoms with Gasteiger partial charge >= 0.3 is 12.1 Å². The molecule has 0 radical (unpaired) electrons. The number of aromatic nitrogens is 3. The largest absolute Gasteiger partial charge is 0.481 e. The van der Waals surface area contributed by atoms with Gasteiger partial charge in [-0.1, -0.05) is 18.2 Å².